The highest BCUT2D eigenvalue weighted by Crippen LogP contribution is 1.95. The average molecular weight is 300 g/mol. The lowest BCUT2D eigenvalue weighted by Gasteiger charge is -2.02. The summed E-state index contributed by atoms with van der Waals surface area (Å²) in [6.07, 6.45) is 10.2. The molecule has 7 nitrogen and oxygen atoms in total. The molecule has 0 spiro atoms. The topological polar surface area (TPSA) is 86.6 Å². The van der Waals surface area contributed by atoms with Crippen molar-refractivity contribution in [2.75, 3.05) is 13.7 Å². The predicted octanol–water partition coefficient (Wildman–Crippen LogP) is 1.58. The van der Waals surface area contributed by atoms with Crippen molar-refractivity contribution in [1.29, 1.82) is 0 Å². The molecule has 0 saturated carbocycles. The van der Waals surface area contributed by atoms with Gasteiger partial charge >= 0.3 is 0 Å². The van der Waals surface area contributed by atoms with Crippen molar-refractivity contribution >= 4 is 6.34 Å². The summed E-state index contributed by atoms with van der Waals surface area (Å²) in [5, 5.41) is 27.2. The number of aliphatic hydroxyl groups excluding tert-OH is 1. The van der Waals surface area contributed by atoms with Gasteiger partial charge in [0.1, 0.15) is 0 Å². The molecule has 0 amide bonds. The third-order valence-corrected chi connectivity index (χ3v) is 2.37. The van der Waals surface area contributed by atoms with Crippen molar-refractivity contribution in [2.24, 2.45) is 20.4 Å². The summed E-state index contributed by atoms with van der Waals surface area (Å²) in [6, 6.07) is 5.49. The fraction of sp³-hybridized carbons (Fsp3) is 0.200. The van der Waals surface area contributed by atoms with Crippen molar-refractivity contribution in [1.82, 2.24) is 9.88 Å². The minimum Gasteiger partial charge on any atom is -0.395 e. The Kier molecular flexibility index (Phi) is 8.57. The number of rotatable bonds is 8. The van der Waals surface area contributed by atoms with Crippen LogP contribution in [0.25, 0.3) is 0 Å². The van der Waals surface area contributed by atoms with Gasteiger partial charge in [-0.3, -0.25) is 0 Å². The number of pyridine rings is 1. The number of allylic oxidation sites excluding steroid dienone is 3. The summed E-state index contributed by atoms with van der Waals surface area (Å²) in [5.74, 6) is 0. The first-order valence-corrected chi connectivity index (χ1v) is 6.70. The highest BCUT2D eigenvalue weighted by Gasteiger charge is 1.89. The number of nitrogens with one attached hydrogen (secondary N) is 1. The van der Waals surface area contributed by atoms with E-state index in [0.717, 1.165) is 0 Å². The number of aliphatic hydroxyl groups is 1. The van der Waals surface area contributed by atoms with Gasteiger partial charge in [0.2, 0.25) is 0 Å². The van der Waals surface area contributed by atoms with Crippen LogP contribution in [0.1, 0.15) is 0 Å². The maximum atomic E-state index is 8.96. The molecule has 0 fully saturated rings. The Morgan fingerprint density at radius 1 is 1.41 bits per heavy atom. The quantitative estimate of drug-likeness (QED) is 0.251. The highest BCUT2D eigenvalue weighted by molar-refractivity contribution is 5.54. The Labute approximate surface area is 129 Å². The van der Waals surface area contributed by atoms with Crippen LogP contribution in [0, 0.1) is 0 Å². The lowest BCUT2D eigenvalue weighted by molar-refractivity contribution is 0.273. The van der Waals surface area contributed by atoms with E-state index in [1.807, 2.05) is 31.5 Å². The second-order valence-corrected chi connectivity index (χ2v) is 4.02. The van der Waals surface area contributed by atoms with E-state index < -0.39 is 0 Å². The fourth-order valence-electron chi connectivity index (χ4n) is 1.41. The normalized spacial score (nSPS) is 13.1. The Hall–Kier alpha value is -2.80. The molecule has 1 aromatic heterocycles. The molecule has 0 aliphatic rings. The van der Waals surface area contributed by atoms with Gasteiger partial charge in [-0.2, -0.15) is 5.11 Å². The Morgan fingerprint density at radius 3 is 3.05 bits per heavy atom. The number of nitrogens with zero attached hydrogens (tertiary/aromatic N) is 5. The standard InChI is InChI=1S/C15H20N6O/c1-14(7-3-5-9-16-2)19-17-13-18-20-15-8-4-6-10-21(15)11-12-22/h3-10,13,16,22H,1,11-12H2,2H3/b7-3-,9-5-,18-13+,19-17?,20-15+. The van der Waals surface area contributed by atoms with Gasteiger partial charge in [-0.15, -0.1) is 15.3 Å². The van der Waals surface area contributed by atoms with E-state index in [1.165, 1.54) is 6.34 Å². The van der Waals surface area contributed by atoms with Crippen LogP contribution >= 0.6 is 0 Å². The zero-order valence-electron chi connectivity index (χ0n) is 12.5. The molecule has 7 heteroatoms. The SMILES string of the molecule is C=C(/C=C\C=C/NC)N=N/C=N/N=c1\ccccn1CCO. The van der Waals surface area contributed by atoms with Gasteiger partial charge in [0.25, 0.3) is 0 Å². The van der Waals surface area contributed by atoms with Gasteiger partial charge < -0.3 is 15.0 Å². The lowest BCUT2D eigenvalue weighted by atomic mass is 10.4. The smallest absolute Gasteiger partial charge is 0.160 e. The van der Waals surface area contributed by atoms with Gasteiger partial charge in [-0.05, 0) is 30.5 Å². The van der Waals surface area contributed by atoms with E-state index in [9.17, 15) is 0 Å². The first-order valence-electron chi connectivity index (χ1n) is 6.70. The lowest BCUT2D eigenvalue weighted by Crippen LogP contribution is -2.20. The second kappa shape index (κ2) is 10.9. The molecule has 0 bridgehead atoms. The fourth-order valence-corrected chi connectivity index (χ4v) is 1.41. The molecule has 1 heterocycles. The molecule has 0 aliphatic heterocycles. The summed E-state index contributed by atoms with van der Waals surface area (Å²) in [6.45, 7) is 4.21. The summed E-state index contributed by atoms with van der Waals surface area (Å²) >= 11 is 0. The number of hydrogen-bond acceptors (Lipinski definition) is 5. The maximum absolute atomic E-state index is 8.96. The summed E-state index contributed by atoms with van der Waals surface area (Å²) in [4.78, 5) is 0. The molecule has 0 unspecified atom stereocenters. The maximum Gasteiger partial charge on any atom is 0.160 e. The van der Waals surface area contributed by atoms with Crippen LogP contribution in [0.5, 0.6) is 0 Å². The van der Waals surface area contributed by atoms with Gasteiger partial charge in [0.05, 0.1) is 12.3 Å². The number of azo groups is 1. The van der Waals surface area contributed by atoms with Gasteiger partial charge in [0.15, 0.2) is 11.8 Å². The molecule has 0 saturated heterocycles. The van der Waals surface area contributed by atoms with Crippen LogP contribution in [0.15, 0.2) is 81.5 Å². The number of aromatic nitrogens is 1. The molecule has 116 valence electrons. The molecule has 22 heavy (non-hydrogen) atoms. The number of hydrogen-bond donors (Lipinski definition) is 2. The van der Waals surface area contributed by atoms with Gasteiger partial charge in [-0.25, -0.2) is 0 Å². The Balaban J connectivity index is 2.61. The highest BCUT2D eigenvalue weighted by atomic mass is 16.3. The molecule has 1 rings (SSSR count). The van der Waals surface area contributed by atoms with E-state index in [1.54, 1.807) is 29.0 Å². The minimum absolute atomic E-state index is 0.0365. The van der Waals surface area contributed by atoms with E-state index >= 15 is 0 Å². The molecular formula is C15H20N6O. The average Bonchev–Trinajstić information content (AvgIpc) is 2.53. The van der Waals surface area contributed by atoms with E-state index in [4.69, 9.17) is 5.11 Å². The van der Waals surface area contributed by atoms with Crippen LogP contribution < -0.4 is 10.8 Å². The van der Waals surface area contributed by atoms with Crippen molar-refractivity contribution in [2.45, 2.75) is 6.54 Å². The van der Waals surface area contributed by atoms with Crippen LogP contribution in [0.4, 0.5) is 0 Å². The van der Waals surface area contributed by atoms with Crippen molar-refractivity contribution in [3.8, 4) is 0 Å². The van der Waals surface area contributed by atoms with E-state index in [2.05, 4.69) is 32.3 Å². The largest absolute Gasteiger partial charge is 0.395 e. The second-order valence-electron chi connectivity index (χ2n) is 4.02. The van der Waals surface area contributed by atoms with Crippen molar-refractivity contribution in [3.05, 3.63) is 66.6 Å². The Morgan fingerprint density at radius 2 is 2.27 bits per heavy atom. The molecule has 2 N–H and O–H groups in total. The van der Waals surface area contributed by atoms with Crippen LogP contribution in [-0.2, 0) is 6.54 Å². The van der Waals surface area contributed by atoms with Crippen LogP contribution in [0.3, 0.4) is 0 Å². The molecule has 0 aromatic carbocycles. The van der Waals surface area contributed by atoms with E-state index in [0.29, 0.717) is 17.7 Å². The third-order valence-electron chi connectivity index (χ3n) is 2.37. The molecule has 0 aliphatic carbocycles. The van der Waals surface area contributed by atoms with E-state index in [-0.39, 0.29) is 6.61 Å². The predicted molar refractivity (Wildman–Crippen MR) is 86.9 cm³/mol. The zero-order chi connectivity index (χ0) is 16.0. The first-order chi connectivity index (χ1) is 10.8. The molecule has 1 aromatic rings. The van der Waals surface area contributed by atoms with Crippen LogP contribution in [-0.4, -0.2) is 29.7 Å². The van der Waals surface area contributed by atoms with Crippen LogP contribution in [0.2, 0.25) is 0 Å². The molecular weight excluding hydrogens is 280 g/mol. The molecule has 0 radical (unpaired) electrons. The van der Waals surface area contributed by atoms with Gasteiger partial charge in [0, 0.05) is 19.8 Å². The monoisotopic (exact) mass is 300 g/mol. The minimum atomic E-state index is 0.0365. The summed E-state index contributed by atoms with van der Waals surface area (Å²) in [7, 11) is 1.82. The van der Waals surface area contributed by atoms with Gasteiger partial charge in [-0.1, -0.05) is 18.7 Å². The van der Waals surface area contributed by atoms with Crippen molar-refractivity contribution < 1.29 is 5.11 Å². The third kappa shape index (κ3) is 7.11. The first kappa shape index (κ1) is 17.3. The van der Waals surface area contributed by atoms with Crippen molar-refractivity contribution in [3.63, 3.8) is 0 Å². The molecule has 0 atom stereocenters. The Bertz CT molecular complexity index is 639. The zero-order valence-corrected chi connectivity index (χ0v) is 12.5. The summed E-state index contributed by atoms with van der Waals surface area (Å²) < 4.78 is 1.78. The summed E-state index contributed by atoms with van der Waals surface area (Å²) in [5.41, 5.74) is 1.13.